The van der Waals surface area contributed by atoms with Gasteiger partial charge >= 0.3 is 0 Å². The van der Waals surface area contributed by atoms with Gasteiger partial charge in [0.15, 0.2) is 0 Å². The summed E-state index contributed by atoms with van der Waals surface area (Å²) in [6.07, 6.45) is 9.81. The zero-order valence-electron chi connectivity index (χ0n) is 12.9. The van der Waals surface area contributed by atoms with E-state index >= 15 is 0 Å². The molecule has 0 atom stereocenters. The van der Waals surface area contributed by atoms with Gasteiger partial charge in [0.05, 0.1) is 0 Å². The van der Waals surface area contributed by atoms with Crippen LogP contribution in [0, 0.1) is 5.82 Å². The third-order valence-electron chi connectivity index (χ3n) is 4.45. The lowest BCUT2D eigenvalue weighted by atomic mass is 9.95. The van der Waals surface area contributed by atoms with Crippen LogP contribution in [0.5, 0.6) is 0 Å². The fourth-order valence-corrected chi connectivity index (χ4v) is 3.30. The Morgan fingerprint density at radius 1 is 1.13 bits per heavy atom. The third-order valence-corrected chi connectivity index (χ3v) is 4.45. The maximum absolute atomic E-state index is 13.6. The molecule has 3 aromatic rings. The molecule has 23 heavy (non-hydrogen) atoms. The van der Waals surface area contributed by atoms with E-state index in [-0.39, 0.29) is 5.82 Å². The van der Waals surface area contributed by atoms with Gasteiger partial charge in [-0.3, -0.25) is 4.40 Å². The number of nitrogens with zero attached hydrogens (tertiary/aromatic N) is 3. The standard InChI is InChI=1S/C18H19FN4/c19-14-7-4-6-13(12-14)16-17(21-15-8-2-1-3-9-15)23-11-5-10-20-18(23)22-16/h4-7,10-12,15,21H,1-3,8-9H2. The molecular formula is C18H19FN4. The number of hydrogen-bond donors (Lipinski definition) is 1. The number of nitrogens with one attached hydrogen (secondary N) is 1. The highest BCUT2D eigenvalue weighted by molar-refractivity contribution is 5.75. The summed E-state index contributed by atoms with van der Waals surface area (Å²) in [7, 11) is 0. The lowest BCUT2D eigenvalue weighted by molar-refractivity contribution is 0.461. The van der Waals surface area contributed by atoms with E-state index in [1.165, 1.54) is 31.4 Å². The zero-order valence-corrected chi connectivity index (χ0v) is 12.9. The van der Waals surface area contributed by atoms with E-state index in [0.29, 0.717) is 11.8 Å². The molecule has 1 aliphatic carbocycles. The first-order chi connectivity index (χ1) is 11.3. The predicted molar refractivity (Wildman–Crippen MR) is 88.9 cm³/mol. The number of rotatable bonds is 3. The van der Waals surface area contributed by atoms with Crippen LogP contribution in [0.25, 0.3) is 17.0 Å². The van der Waals surface area contributed by atoms with Gasteiger partial charge in [-0.05, 0) is 31.0 Å². The molecule has 0 amide bonds. The lowest BCUT2D eigenvalue weighted by Crippen LogP contribution is -2.23. The molecule has 5 heteroatoms. The quantitative estimate of drug-likeness (QED) is 0.785. The maximum atomic E-state index is 13.6. The molecular weight excluding hydrogens is 291 g/mol. The van der Waals surface area contributed by atoms with Crippen molar-refractivity contribution in [1.29, 1.82) is 0 Å². The van der Waals surface area contributed by atoms with Gasteiger partial charge < -0.3 is 5.32 Å². The van der Waals surface area contributed by atoms with Crippen LogP contribution < -0.4 is 5.32 Å². The van der Waals surface area contributed by atoms with E-state index in [4.69, 9.17) is 0 Å². The largest absolute Gasteiger partial charge is 0.367 e. The Bertz CT molecular complexity index is 821. The van der Waals surface area contributed by atoms with Crippen LogP contribution in [0.4, 0.5) is 10.2 Å². The van der Waals surface area contributed by atoms with Crippen LogP contribution in [0.2, 0.25) is 0 Å². The third kappa shape index (κ3) is 2.79. The Balaban J connectivity index is 1.80. The first-order valence-electron chi connectivity index (χ1n) is 8.17. The molecule has 2 heterocycles. The Labute approximate surface area is 134 Å². The fourth-order valence-electron chi connectivity index (χ4n) is 3.30. The molecule has 0 spiro atoms. The lowest BCUT2D eigenvalue weighted by Gasteiger charge is -2.24. The second-order valence-corrected chi connectivity index (χ2v) is 6.09. The van der Waals surface area contributed by atoms with Gasteiger partial charge in [0, 0.05) is 24.0 Å². The van der Waals surface area contributed by atoms with Gasteiger partial charge in [0.2, 0.25) is 5.78 Å². The monoisotopic (exact) mass is 310 g/mol. The van der Waals surface area contributed by atoms with Crippen molar-refractivity contribution in [3.05, 3.63) is 48.5 Å². The summed E-state index contributed by atoms with van der Waals surface area (Å²) in [6, 6.07) is 8.90. The summed E-state index contributed by atoms with van der Waals surface area (Å²) in [5.41, 5.74) is 1.53. The maximum Gasteiger partial charge on any atom is 0.235 e. The smallest absolute Gasteiger partial charge is 0.235 e. The number of anilines is 1. The number of aromatic nitrogens is 3. The summed E-state index contributed by atoms with van der Waals surface area (Å²) >= 11 is 0. The molecule has 1 N–H and O–H groups in total. The average Bonchev–Trinajstić information content (AvgIpc) is 2.95. The Hall–Kier alpha value is -2.43. The Kier molecular flexibility index (Phi) is 3.69. The molecule has 0 saturated heterocycles. The Morgan fingerprint density at radius 2 is 2.00 bits per heavy atom. The van der Waals surface area contributed by atoms with Crippen molar-refractivity contribution >= 4 is 11.6 Å². The number of halogens is 1. The van der Waals surface area contributed by atoms with Crippen molar-refractivity contribution in [2.75, 3.05) is 5.32 Å². The number of hydrogen-bond acceptors (Lipinski definition) is 3. The minimum absolute atomic E-state index is 0.254. The SMILES string of the molecule is Fc1cccc(-c2nc3ncccn3c2NC2CCCCC2)c1. The molecule has 0 unspecified atom stereocenters. The number of fused-ring (bicyclic) bond motifs is 1. The van der Waals surface area contributed by atoms with Crippen molar-refractivity contribution in [3.8, 4) is 11.3 Å². The molecule has 0 radical (unpaired) electrons. The van der Waals surface area contributed by atoms with Crippen molar-refractivity contribution in [1.82, 2.24) is 14.4 Å². The van der Waals surface area contributed by atoms with E-state index in [9.17, 15) is 4.39 Å². The molecule has 1 aromatic carbocycles. The molecule has 4 nitrogen and oxygen atoms in total. The molecule has 1 saturated carbocycles. The first kappa shape index (κ1) is 14.2. The van der Waals surface area contributed by atoms with Gasteiger partial charge in [-0.15, -0.1) is 0 Å². The second-order valence-electron chi connectivity index (χ2n) is 6.09. The van der Waals surface area contributed by atoms with Crippen molar-refractivity contribution in [2.24, 2.45) is 0 Å². The summed E-state index contributed by atoms with van der Waals surface area (Å²) in [5.74, 6) is 1.28. The molecule has 0 aliphatic heterocycles. The average molecular weight is 310 g/mol. The second kappa shape index (κ2) is 5.99. The van der Waals surface area contributed by atoms with Gasteiger partial charge in [-0.1, -0.05) is 31.4 Å². The Morgan fingerprint density at radius 3 is 2.83 bits per heavy atom. The van der Waals surface area contributed by atoms with Crippen LogP contribution in [0.1, 0.15) is 32.1 Å². The predicted octanol–water partition coefficient (Wildman–Crippen LogP) is 4.28. The van der Waals surface area contributed by atoms with Crippen LogP contribution >= 0.6 is 0 Å². The summed E-state index contributed by atoms with van der Waals surface area (Å²) in [6.45, 7) is 0. The van der Waals surface area contributed by atoms with E-state index in [1.54, 1.807) is 12.3 Å². The molecule has 1 fully saturated rings. The summed E-state index contributed by atoms with van der Waals surface area (Å²) in [5, 5.41) is 3.63. The van der Waals surface area contributed by atoms with E-state index in [0.717, 1.165) is 29.9 Å². The minimum atomic E-state index is -0.254. The fraction of sp³-hybridized carbons (Fsp3) is 0.333. The molecule has 118 valence electrons. The van der Waals surface area contributed by atoms with Crippen LogP contribution in [0.15, 0.2) is 42.7 Å². The molecule has 1 aliphatic rings. The molecule has 4 rings (SSSR count). The molecule has 2 aromatic heterocycles. The normalized spacial score (nSPS) is 15.9. The topological polar surface area (TPSA) is 42.2 Å². The minimum Gasteiger partial charge on any atom is -0.367 e. The van der Waals surface area contributed by atoms with E-state index in [2.05, 4.69) is 15.3 Å². The van der Waals surface area contributed by atoms with Gasteiger partial charge in [-0.25, -0.2) is 14.4 Å². The van der Waals surface area contributed by atoms with Crippen molar-refractivity contribution in [2.45, 2.75) is 38.1 Å². The van der Waals surface area contributed by atoms with Crippen LogP contribution in [-0.4, -0.2) is 20.4 Å². The van der Waals surface area contributed by atoms with Crippen LogP contribution in [0.3, 0.4) is 0 Å². The number of benzene rings is 1. The van der Waals surface area contributed by atoms with E-state index in [1.807, 2.05) is 22.7 Å². The highest BCUT2D eigenvalue weighted by atomic mass is 19.1. The van der Waals surface area contributed by atoms with E-state index < -0.39 is 0 Å². The van der Waals surface area contributed by atoms with Gasteiger partial charge in [0.25, 0.3) is 0 Å². The summed E-state index contributed by atoms with van der Waals surface area (Å²) in [4.78, 5) is 8.93. The first-order valence-corrected chi connectivity index (χ1v) is 8.17. The van der Waals surface area contributed by atoms with Crippen LogP contribution in [-0.2, 0) is 0 Å². The van der Waals surface area contributed by atoms with Gasteiger partial charge in [0.1, 0.15) is 17.3 Å². The number of imidazole rings is 1. The zero-order chi connectivity index (χ0) is 15.6. The van der Waals surface area contributed by atoms with Gasteiger partial charge in [-0.2, -0.15) is 0 Å². The summed E-state index contributed by atoms with van der Waals surface area (Å²) < 4.78 is 15.6. The van der Waals surface area contributed by atoms with Crippen molar-refractivity contribution in [3.63, 3.8) is 0 Å². The highest BCUT2D eigenvalue weighted by Gasteiger charge is 2.20. The highest BCUT2D eigenvalue weighted by Crippen LogP contribution is 2.31. The molecule has 0 bridgehead atoms. The van der Waals surface area contributed by atoms with Crippen molar-refractivity contribution < 1.29 is 4.39 Å².